The summed E-state index contributed by atoms with van der Waals surface area (Å²) in [6.07, 6.45) is 1.32. The number of anilines is 1. The lowest BCUT2D eigenvalue weighted by molar-refractivity contribution is -0.384. The van der Waals surface area contributed by atoms with E-state index in [1.807, 2.05) is 13.8 Å². The zero-order valence-corrected chi connectivity index (χ0v) is 12.1. The molecule has 0 saturated carbocycles. The fourth-order valence-corrected chi connectivity index (χ4v) is 2.29. The van der Waals surface area contributed by atoms with Crippen molar-refractivity contribution >= 4 is 22.8 Å². The number of hydrogen-bond acceptors (Lipinski definition) is 6. The predicted octanol–water partition coefficient (Wildman–Crippen LogP) is 2.95. The number of benzene rings is 1. The molecular weight excluding hydrogens is 274 g/mol. The van der Waals surface area contributed by atoms with Gasteiger partial charge in [-0.3, -0.25) is 10.1 Å². The Morgan fingerprint density at radius 1 is 1.43 bits per heavy atom. The van der Waals surface area contributed by atoms with Crippen LogP contribution in [0.1, 0.15) is 26.7 Å². The van der Waals surface area contributed by atoms with Crippen LogP contribution < -0.4 is 5.32 Å². The van der Waals surface area contributed by atoms with E-state index in [9.17, 15) is 15.2 Å². The molecule has 2 N–H and O–H groups in total. The largest absolute Gasteiger partial charge is 0.423 e. The number of oxazole rings is 1. The van der Waals surface area contributed by atoms with Gasteiger partial charge in [-0.05, 0) is 12.0 Å². The first-order valence-corrected chi connectivity index (χ1v) is 7.02. The highest BCUT2D eigenvalue weighted by molar-refractivity contribution is 5.77. The maximum absolute atomic E-state index is 10.7. The molecule has 0 saturated heterocycles. The number of aromatic nitrogens is 1. The smallest absolute Gasteiger partial charge is 0.295 e. The molecule has 0 spiro atoms. The monoisotopic (exact) mass is 293 g/mol. The van der Waals surface area contributed by atoms with E-state index in [0.717, 1.165) is 12.8 Å². The Labute approximate surface area is 122 Å². The summed E-state index contributed by atoms with van der Waals surface area (Å²) in [6, 6.07) is 4.52. The molecule has 0 fully saturated rings. The van der Waals surface area contributed by atoms with Gasteiger partial charge in [0.25, 0.3) is 11.7 Å². The molecule has 0 amide bonds. The van der Waals surface area contributed by atoms with Gasteiger partial charge < -0.3 is 14.8 Å². The molecular formula is C14H19N3O4. The van der Waals surface area contributed by atoms with Crippen molar-refractivity contribution in [3.63, 3.8) is 0 Å². The van der Waals surface area contributed by atoms with Crippen LogP contribution in [-0.4, -0.2) is 27.7 Å². The minimum Gasteiger partial charge on any atom is -0.423 e. The Morgan fingerprint density at radius 3 is 2.76 bits per heavy atom. The van der Waals surface area contributed by atoms with Crippen LogP contribution in [0.15, 0.2) is 22.6 Å². The second kappa shape index (κ2) is 6.53. The van der Waals surface area contributed by atoms with Crippen molar-refractivity contribution in [2.75, 3.05) is 11.9 Å². The lowest BCUT2D eigenvalue weighted by atomic mass is 9.97. The third-order valence-corrected chi connectivity index (χ3v) is 3.64. The molecule has 1 unspecified atom stereocenters. The van der Waals surface area contributed by atoms with E-state index in [1.54, 1.807) is 6.07 Å². The van der Waals surface area contributed by atoms with Crippen molar-refractivity contribution in [1.29, 1.82) is 0 Å². The predicted molar refractivity (Wildman–Crippen MR) is 79.2 cm³/mol. The minimum atomic E-state index is -0.482. The molecule has 1 aromatic carbocycles. The molecule has 0 aliphatic carbocycles. The van der Waals surface area contributed by atoms with E-state index >= 15 is 0 Å². The number of aliphatic hydroxyl groups is 1. The summed E-state index contributed by atoms with van der Waals surface area (Å²) in [4.78, 5) is 14.4. The zero-order chi connectivity index (χ0) is 15.4. The lowest BCUT2D eigenvalue weighted by Crippen LogP contribution is -2.27. The van der Waals surface area contributed by atoms with E-state index in [1.165, 1.54) is 12.1 Å². The van der Waals surface area contributed by atoms with Gasteiger partial charge >= 0.3 is 0 Å². The van der Waals surface area contributed by atoms with E-state index in [2.05, 4.69) is 10.3 Å². The average molecular weight is 293 g/mol. The molecule has 2 rings (SSSR count). The number of nitro benzene ring substituents is 1. The van der Waals surface area contributed by atoms with Crippen LogP contribution in [0.5, 0.6) is 0 Å². The van der Waals surface area contributed by atoms with Gasteiger partial charge in [0.15, 0.2) is 5.58 Å². The van der Waals surface area contributed by atoms with E-state index in [0.29, 0.717) is 17.6 Å². The van der Waals surface area contributed by atoms with Crippen molar-refractivity contribution in [2.24, 2.45) is 5.92 Å². The quantitative estimate of drug-likeness (QED) is 0.601. The molecule has 1 aromatic heterocycles. The van der Waals surface area contributed by atoms with Gasteiger partial charge in [-0.1, -0.05) is 26.7 Å². The number of nitro groups is 1. The molecule has 7 nitrogen and oxygen atoms in total. The summed E-state index contributed by atoms with van der Waals surface area (Å²) >= 11 is 0. The van der Waals surface area contributed by atoms with E-state index in [4.69, 9.17) is 4.42 Å². The second-order valence-corrected chi connectivity index (χ2v) is 4.95. The van der Waals surface area contributed by atoms with Crippen molar-refractivity contribution < 1.29 is 14.4 Å². The van der Waals surface area contributed by atoms with Crippen molar-refractivity contribution in [3.8, 4) is 0 Å². The first kappa shape index (κ1) is 15.2. The Kier molecular flexibility index (Phi) is 4.74. The summed E-state index contributed by atoms with van der Waals surface area (Å²) in [5.41, 5.74) is 0.853. The van der Waals surface area contributed by atoms with Crippen LogP contribution >= 0.6 is 0 Å². The summed E-state index contributed by atoms with van der Waals surface area (Å²) in [7, 11) is 0. The topological polar surface area (TPSA) is 101 Å². The molecule has 21 heavy (non-hydrogen) atoms. The number of rotatable bonds is 7. The van der Waals surface area contributed by atoms with Crippen LogP contribution in [0.3, 0.4) is 0 Å². The lowest BCUT2D eigenvalue weighted by Gasteiger charge is -2.19. The van der Waals surface area contributed by atoms with Gasteiger partial charge in [0, 0.05) is 12.6 Å². The molecule has 1 atom stereocenters. The molecule has 114 valence electrons. The highest BCUT2D eigenvalue weighted by Crippen LogP contribution is 2.24. The highest BCUT2D eigenvalue weighted by atomic mass is 16.6. The van der Waals surface area contributed by atoms with E-state index < -0.39 is 11.0 Å². The fourth-order valence-electron chi connectivity index (χ4n) is 2.29. The minimum absolute atomic E-state index is 0.0396. The van der Waals surface area contributed by atoms with Crippen LogP contribution in [0.4, 0.5) is 11.7 Å². The fraction of sp³-hybridized carbons (Fsp3) is 0.500. The number of nitrogens with one attached hydrogen (secondary N) is 1. The van der Waals surface area contributed by atoms with Crippen LogP contribution in [0.2, 0.25) is 0 Å². The summed E-state index contributed by atoms with van der Waals surface area (Å²) < 4.78 is 5.42. The van der Waals surface area contributed by atoms with Crippen LogP contribution in [0.25, 0.3) is 11.1 Å². The summed E-state index contributed by atoms with van der Waals surface area (Å²) in [6.45, 7) is 4.41. The zero-order valence-electron chi connectivity index (χ0n) is 12.1. The third-order valence-electron chi connectivity index (χ3n) is 3.64. The number of non-ortho nitro benzene ring substituents is 1. The van der Waals surface area contributed by atoms with Crippen LogP contribution in [-0.2, 0) is 0 Å². The van der Waals surface area contributed by atoms with Crippen molar-refractivity contribution in [3.05, 3.63) is 28.3 Å². The number of aliphatic hydroxyl groups excluding tert-OH is 1. The maximum atomic E-state index is 10.7. The van der Waals surface area contributed by atoms with Crippen molar-refractivity contribution in [1.82, 2.24) is 4.98 Å². The molecule has 7 heteroatoms. The van der Waals surface area contributed by atoms with Gasteiger partial charge in [-0.15, -0.1) is 0 Å². The van der Waals surface area contributed by atoms with E-state index in [-0.39, 0.29) is 17.6 Å². The number of nitrogens with zero attached hydrogens (tertiary/aromatic N) is 2. The molecule has 0 aliphatic rings. The highest BCUT2D eigenvalue weighted by Gasteiger charge is 2.17. The molecule has 0 radical (unpaired) electrons. The van der Waals surface area contributed by atoms with Crippen LogP contribution in [0, 0.1) is 16.0 Å². The Hall–Kier alpha value is -2.15. The molecule has 1 heterocycles. The number of fused-ring (bicyclic) bond motifs is 1. The van der Waals surface area contributed by atoms with Crippen molar-refractivity contribution in [2.45, 2.75) is 32.8 Å². The SMILES string of the molecule is CCC(CC)C(O)CNc1nc2ccc([N+](=O)[O-])cc2o1. The van der Waals surface area contributed by atoms with Gasteiger partial charge in [-0.25, -0.2) is 0 Å². The standard InChI is InChI=1S/C14H19N3O4/c1-3-9(4-2)12(18)8-15-14-16-11-6-5-10(17(19)20)7-13(11)21-14/h5-7,9,12,18H,3-4,8H2,1-2H3,(H,15,16). The first-order valence-electron chi connectivity index (χ1n) is 7.02. The normalized spacial score (nSPS) is 12.8. The van der Waals surface area contributed by atoms with Gasteiger partial charge in [0.2, 0.25) is 0 Å². The molecule has 0 aliphatic heterocycles. The van der Waals surface area contributed by atoms with Gasteiger partial charge in [0.05, 0.1) is 17.1 Å². The van der Waals surface area contributed by atoms with Gasteiger partial charge in [0.1, 0.15) is 5.52 Å². The average Bonchev–Trinajstić information content (AvgIpc) is 2.88. The Balaban J connectivity index is 2.07. The van der Waals surface area contributed by atoms with Gasteiger partial charge in [-0.2, -0.15) is 4.98 Å². The summed E-state index contributed by atoms with van der Waals surface area (Å²) in [5.74, 6) is 0.225. The Bertz CT molecular complexity index is 622. The molecule has 0 bridgehead atoms. The Morgan fingerprint density at radius 2 is 2.14 bits per heavy atom. The first-order chi connectivity index (χ1) is 10.0. The number of hydrogen-bond donors (Lipinski definition) is 2. The second-order valence-electron chi connectivity index (χ2n) is 4.95. The third kappa shape index (κ3) is 3.49. The summed E-state index contributed by atoms with van der Waals surface area (Å²) in [5, 5.41) is 23.7. The maximum Gasteiger partial charge on any atom is 0.295 e. The molecule has 2 aromatic rings.